The summed E-state index contributed by atoms with van der Waals surface area (Å²) in [4.78, 5) is 85.0. The summed E-state index contributed by atoms with van der Waals surface area (Å²) in [5.74, 6) is -6.86. The lowest BCUT2D eigenvalue weighted by molar-refractivity contribution is -0.142. The fraction of sp³-hybridized carbons (Fsp3) is 0.541. The van der Waals surface area contributed by atoms with Gasteiger partial charge in [0.1, 0.15) is 5.78 Å². The standard InChI is InChI=1S/C31H34Cl2FN3O3.C25H25Cl2FN2O3.C5H10N2O/c1-29(2)6-8-30(9-7-29)15-20(23(38)13-16-11-17(12-16)27(35)39)24(19-5-10-36-26(33)25(19)34)31(30)21-4-3-18(32)14-22(21)37-28(31)40;1-23(2)6-8-24(9-7-23)12-15(21(31)32)18(14-5-10-29-20(27)19(14)28)25(24)16-4-3-13(26)11-17(16)30-22(25)33;6-4-1-3(2-4)5(7)8/h3-5,10,14,16-17,20,24H,6-9,11-13,15H2,1-2H3,(H2,35,39)(H,37,40);3-5,10-11,15,18H,6-9,12H2,1-2H3,(H,30,33)(H,31,32);3-4H,1-2,6H2,(H2,7,8)/t16?,17?,20-,24-,31+;15-,18+,25?;/m01./s1. The summed E-state index contributed by atoms with van der Waals surface area (Å²) in [6.07, 6.45) is 12.9. The van der Waals surface area contributed by atoms with Crippen molar-refractivity contribution in [1.82, 2.24) is 9.97 Å². The van der Waals surface area contributed by atoms with Gasteiger partial charge in [0.15, 0.2) is 21.9 Å². The Morgan fingerprint density at radius 1 is 0.617 bits per heavy atom. The Bertz CT molecular complexity index is 3240. The Hall–Kier alpha value is -5.26. The van der Waals surface area contributed by atoms with Crippen LogP contribution in [0.4, 0.5) is 20.2 Å². The van der Waals surface area contributed by atoms with Crippen molar-refractivity contribution >= 4 is 93.2 Å². The predicted octanol–water partition coefficient (Wildman–Crippen LogP) is 12.0. The first-order valence-electron chi connectivity index (χ1n) is 28.0. The minimum Gasteiger partial charge on any atom is -0.481 e. The topological polar surface area (TPSA) is 251 Å². The van der Waals surface area contributed by atoms with Gasteiger partial charge in [-0.25, -0.2) is 18.7 Å². The molecule has 432 valence electrons. The van der Waals surface area contributed by atoms with E-state index in [9.17, 15) is 33.9 Å². The number of carbonyl (C=O) groups excluding carboxylic acids is 5. The maximum atomic E-state index is 15.9. The number of aromatic nitrogens is 2. The summed E-state index contributed by atoms with van der Waals surface area (Å²) in [6.45, 7) is 8.85. The van der Waals surface area contributed by atoms with Gasteiger partial charge in [0, 0.05) is 75.9 Å². The number of amides is 4. The first-order chi connectivity index (χ1) is 38.1. The molecule has 2 aliphatic heterocycles. The highest BCUT2D eigenvalue weighted by atomic mass is 35.5. The third-order valence-electron chi connectivity index (χ3n) is 20.6. The summed E-state index contributed by atoms with van der Waals surface area (Å²) in [5.41, 5.74) is 15.4. The molecule has 12 rings (SSSR count). The highest BCUT2D eigenvalue weighted by Gasteiger charge is 2.74. The number of nitrogens with zero attached hydrogens (tertiary/aromatic N) is 2. The normalized spacial score (nSPS) is 31.1. The van der Waals surface area contributed by atoms with Crippen LogP contribution in [0.25, 0.3) is 0 Å². The van der Waals surface area contributed by atoms with Crippen molar-refractivity contribution in [3.63, 3.8) is 0 Å². The molecule has 81 heavy (non-hydrogen) atoms. The molecule has 4 aromatic rings. The second-order valence-electron chi connectivity index (χ2n) is 26.2. The van der Waals surface area contributed by atoms with Gasteiger partial charge in [-0.2, -0.15) is 0 Å². The molecule has 6 saturated carbocycles. The van der Waals surface area contributed by atoms with Crippen molar-refractivity contribution < 1.29 is 42.7 Å². The number of hydrogen-bond acceptors (Lipinski definition) is 9. The van der Waals surface area contributed by atoms with Crippen LogP contribution in [0.1, 0.15) is 158 Å². The number of anilines is 2. The van der Waals surface area contributed by atoms with Gasteiger partial charge in [0.25, 0.3) is 0 Å². The average Bonchev–Trinajstić information content (AvgIpc) is 2.20. The monoisotopic (exact) mass is 1190 g/mol. The summed E-state index contributed by atoms with van der Waals surface area (Å²) in [5, 5.41) is 16.7. The highest BCUT2D eigenvalue weighted by molar-refractivity contribution is 6.32. The minimum atomic E-state index is -1.25. The molecule has 2 aromatic heterocycles. The van der Waals surface area contributed by atoms with E-state index in [-0.39, 0.29) is 98.3 Å². The number of nitrogens with two attached hydrogens (primary N) is 3. The van der Waals surface area contributed by atoms with Gasteiger partial charge in [0.05, 0.1) is 16.7 Å². The number of benzene rings is 2. The van der Waals surface area contributed by atoms with Crippen LogP contribution in [0, 0.1) is 62.9 Å². The van der Waals surface area contributed by atoms with Crippen LogP contribution in [-0.2, 0) is 39.6 Å². The van der Waals surface area contributed by atoms with Crippen molar-refractivity contribution in [3.8, 4) is 0 Å². The van der Waals surface area contributed by atoms with Gasteiger partial charge in [0.2, 0.25) is 23.6 Å². The van der Waals surface area contributed by atoms with Crippen LogP contribution in [0.15, 0.2) is 60.9 Å². The molecule has 4 spiro atoms. The molecule has 8 aliphatic rings. The Labute approximate surface area is 490 Å². The second-order valence-corrected chi connectivity index (χ2v) is 27.7. The summed E-state index contributed by atoms with van der Waals surface area (Å²) in [6, 6.07) is 13.9. The van der Waals surface area contributed by atoms with E-state index < -0.39 is 62.9 Å². The number of Topliss-reactive ketones (excluding diaryl/α,β-unsaturated/α-hetero) is 1. The van der Waals surface area contributed by atoms with E-state index >= 15 is 8.78 Å². The lowest BCUT2D eigenvalue weighted by Crippen LogP contribution is -2.52. The van der Waals surface area contributed by atoms with Gasteiger partial charge in [-0.15, -0.1) is 0 Å². The number of carbonyl (C=O) groups is 6. The number of ketones is 1. The van der Waals surface area contributed by atoms with E-state index in [2.05, 4.69) is 48.3 Å². The number of halogens is 6. The van der Waals surface area contributed by atoms with Gasteiger partial charge >= 0.3 is 5.97 Å². The molecule has 6 atom stereocenters. The average molecular weight is 1190 g/mol. The molecule has 6 fully saturated rings. The van der Waals surface area contributed by atoms with Gasteiger partial charge in [-0.05, 0) is 176 Å². The van der Waals surface area contributed by atoms with Gasteiger partial charge < -0.3 is 32.9 Å². The lowest BCUT2D eigenvalue weighted by Gasteiger charge is -2.51. The maximum Gasteiger partial charge on any atom is 0.307 e. The smallest absolute Gasteiger partial charge is 0.307 e. The number of nitrogens with one attached hydrogen (secondary N) is 2. The molecule has 0 bridgehead atoms. The highest BCUT2D eigenvalue weighted by Crippen LogP contribution is 2.74. The summed E-state index contributed by atoms with van der Waals surface area (Å²) < 4.78 is 31.4. The largest absolute Gasteiger partial charge is 0.481 e. The van der Waals surface area contributed by atoms with Gasteiger partial charge in [-0.3, -0.25) is 28.8 Å². The number of rotatable bonds is 8. The molecule has 0 radical (unpaired) electrons. The molecule has 0 saturated heterocycles. The molecule has 14 nitrogen and oxygen atoms in total. The van der Waals surface area contributed by atoms with E-state index in [0.717, 1.165) is 56.9 Å². The van der Waals surface area contributed by atoms with Crippen molar-refractivity contribution in [1.29, 1.82) is 0 Å². The molecular weight excluding hydrogens is 1120 g/mol. The van der Waals surface area contributed by atoms with Crippen molar-refractivity contribution in [2.75, 3.05) is 10.6 Å². The number of hydrogen-bond donors (Lipinski definition) is 6. The number of aliphatic carboxylic acids is 1. The van der Waals surface area contributed by atoms with E-state index in [1.807, 2.05) is 6.07 Å². The SMILES string of the molecule is CC1(C)CCC2(CC1)C[C@@H](C(=O)CC1CC(C(N)=O)C1)[C@H](c1ccnc(Cl)c1F)[C@]21C(=O)Nc2cc(Cl)ccc21.CC1(C)CCC2(CC1)C[C@@H](C(=O)O)[C@H](c1ccnc(Cl)c1F)C21C(=O)Nc2cc(Cl)ccc21.NC(=O)C1CC(N)C1. The lowest BCUT2D eigenvalue weighted by atomic mass is 9.51. The first kappa shape index (κ1) is 58.9. The molecule has 6 aliphatic carbocycles. The predicted molar refractivity (Wildman–Crippen MR) is 306 cm³/mol. The molecule has 4 amide bonds. The van der Waals surface area contributed by atoms with E-state index in [1.54, 1.807) is 36.4 Å². The van der Waals surface area contributed by atoms with E-state index in [0.29, 0.717) is 59.1 Å². The first-order valence-corrected chi connectivity index (χ1v) is 29.5. The minimum absolute atomic E-state index is 0.00144. The fourth-order valence-electron chi connectivity index (χ4n) is 16.2. The van der Waals surface area contributed by atoms with Crippen LogP contribution >= 0.6 is 46.4 Å². The maximum absolute atomic E-state index is 15.9. The zero-order chi connectivity index (χ0) is 58.5. The van der Waals surface area contributed by atoms with Crippen LogP contribution in [0.3, 0.4) is 0 Å². The summed E-state index contributed by atoms with van der Waals surface area (Å²) >= 11 is 24.8. The van der Waals surface area contributed by atoms with Crippen LogP contribution in [0.5, 0.6) is 0 Å². The number of pyridine rings is 2. The summed E-state index contributed by atoms with van der Waals surface area (Å²) in [7, 11) is 0. The van der Waals surface area contributed by atoms with Crippen LogP contribution in [0.2, 0.25) is 20.4 Å². The molecule has 4 heterocycles. The molecule has 9 N–H and O–H groups in total. The van der Waals surface area contributed by atoms with Crippen molar-refractivity contribution in [2.24, 2.45) is 68.5 Å². The van der Waals surface area contributed by atoms with Crippen LogP contribution < -0.4 is 27.8 Å². The van der Waals surface area contributed by atoms with E-state index in [1.165, 1.54) is 18.5 Å². The third-order valence-corrected chi connectivity index (χ3v) is 21.6. The number of carboxylic acid groups (broad SMARTS) is 1. The molecule has 1 unspecified atom stereocenters. The number of fused-ring (bicyclic) bond motifs is 6. The Balaban J connectivity index is 0.000000162. The fourth-order valence-corrected chi connectivity index (χ4v) is 16.9. The Morgan fingerprint density at radius 3 is 1.40 bits per heavy atom. The molecule has 2 aromatic carbocycles. The van der Waals surface area contributed by atoms with Crippen molar-refractivity contribution in [3.05, 3.63) is 115 Å². The van der Waals surface area contributed by atoms with Gasteiger partial charge in [-0.1, -0.05) is 86.2 Å². The van der Waals surface area contributed by atoms with E-state index in [4.69, 9.17) is 63.6 Å². The molecular formula is C61H69Cl4F2N7O7. The molecule has 20 heteroatoms. The zero-order valence-corrected chi connectivity index (χ0v) is 48.8. The zero-order valence-electron chi connectivity index (χ0n) is 45.8. The van der Waals surface area contributed by atoms with Crippen LogP contribution in [-0.4, -0.2) is 56.5 Å². The quantitative estimate of drug-likeness (QED) is 0.0910. The van der Waals surface area contributed by atoms with Crippen molar-refractivity contribution in [2.45, 2.75) is 153 Å². The third kappa shape index (κ3) is 9.81. The number of primary amides is 2. The second kappa shape index (κ2) is 21.4. The number of carboxylic acids is 1. The Kier molecular flexibility index (Phi) is 15.6. The Morgan fingerprint density at radius 2 is 1.01 bits per heavy atom.